The summed E-state index contributed by atoms with van der Waals surface area (Å²) >= 11 is 18.0. The molecule has 28 heavy (non-hydrogen) atoms. The second-order valence-electron chi connectivity index (χ2n) is 5.72. The Morgan fingerprint density at radius 2 is 1.71 bits per heavy atom. The van der Waals surface area contributed by atoms with Crippen LogP contribution in [0.15, 0.2) is 47.4 Å². The van der Waals surface area contributed by atoms with Crippen LogP contribution in [0.25, 0.3) is 6.08 Å². The Balaban J connectivity index is 2.24. The monoisotopic (exact) mass is 460 g/mol. The van der Waals surface area contributed by atoms with Crippen LogP contribution in [0, 0.1) is 0 Å². The quantitative estimate of drug-likeness (QED) is 0.567. The molecule has 0 aromatic heterocycles. The summed E-state index contributed by atoms with van der Waals surface area (Å²) in [6.45, 7) is 4.19. The van der Waals surface area contributed by atoms with Gasteiger partial charge in [-0.1, -0.05) is 54.7 Å². The summed E-state index contributed by atoms with van der Waals surface area (Å²) in [6, 6.07) is 9.10. The normalized spacial score (nSPS) is 11.9. The van der Waals surface area contributed by atoms with Gasteiger partial charge in [-0.3, -0.25) is 4.79 Å². The Hall–Kier alpha value is -1.57. The minimum Gasteiger partial charge on any atom is -0.321 e. The van der Waals surface area contributed by atoms with E-state index >= 15 is 0 Å². The molecule has 0 heterocycles. The molecule has 2 rings (SSSR count). The zero-order valence-corrected chi connectivity index (χ0v) is 18.3. The third-order valence-electron chi connectivity index (χ3n) is 3.92. The van der Waals surface area contributed by atoms with Crippen LogP contribution >= 0.6 is 34.8 Å². The summed E-state index contributed by atoms with van der Waals surface area (Å²) in [6.07, 6.45) is 2.80. The highest BCUT2D eigenvalue weighted by Crippen LogP contribution is 2.27. The zero-order valence-electron chi connectivity index (χ0n) is 15.2. The second-order valence-corrected chi connectivity index (χ2v) is 8.91. The number of hydrogen-bond donors (Lipinski definition) is 1. The largest absolute Gasteiger partial charge is 0.321 e. The van der Waals surface area contributed by atoms with E-state index in [0.717, 1.165) is 0 Å². The maximum absolute atomic E-state index is 12.7. The fourth-order valence-corrected chi connectivity index (χ4v) is 4.57. The molecule has 0 fully saturated rings. The van der Waals surface area contributed by atoms with Gasteiger partial charge in [-0.2, -0.15) is 4.31 Å². The maximum atomic E-state index is 12.7. The van der Waals surface area contributed by atoms with Gasteiger partial charge in [0.1, 0.15) is 0 Å². The number of anilines is 1. The van der Waals surface area contributed by atoms with Gasteiger partial charge in [0.15, 0.2) is 0 Å². The molecule has 0 aliphatic carbocycles. The van der Waals surface area contributed by atoms with Crippen LogP contribution in [0.4, 0.5) is 5.69 Å². The number of nitrogens with one attached hydrogen (secondary N) is 1. The van der Waals surface area contributed by atoms with Crippen molar-refractivity contribution >= 4 is 62.5 Å². The van der Waals surface area contributed by atoms with Crippen LogP contribution in [0.2, 0.25) is 15.1 Å². The van der Waals surface area contributed by atoms with Crippen LogP contribution in [-0.2, 0) is 14.8 Å². The maximum Gasteiger partial charge on any atom is 0.248 e. The number of nitrogens with zero attached hydrogens (tertiary/aromatic N) is 1. The van der Waals surface area contributed by atoms with E-state index in [-0.39, 0.29) is 15.6 Å². The number of sulfonamides is 1. The van der Waals surface area contributed by atoms with E-state index in [1.165, 1.54) is 34.7 Å². The lowest BCUT2D eigenvalue weighted by Gasteiger charge is -2.19. The molecular weight excluding hydrogens is 443 g/mol. The van der Waals surface area contributed by atoms with Crippen molar-refractivity contribution < 1.29 is 13.2 Å². The van der Waals surface area contributed by atoms with Gasteiger partial charge in [0.25, 0.3) is 0 Å². The first-order chi connectivity index (χ1) is 13.2. The highest BCUT2D eigenvalue weighted by Gasteiger charge is 2.22. The van der Waals surface area contributed by atoms with E-state index in [1.54, 1.807) is 32.0 Å². The van der Waals surface area contributed by atoms with E-state index in [1.807, 2.05) is 0 Å². The standard InChI is InChI=1S/C19H19Cl3N2O3S/c1-3-24(4-2)28(26,27)15-8-9-16(21)18(12-15)23-19(25)10-6-13-5-7-14(20)11-17(13)22/h5-12H,3-4H2,1-2H3,(H,23,25). The number of hydrogen-bond acceptors (Lipinski definition) is 3. The first-order valence-corrected chi connectivity index (χ1v) is 11.0. The molecule has 2 aromatic carbocycles. The lowest BCUT2D eigenvalue weighted by molar-refractivity contribution is -0.111. The number of carbonyl (C=O) groups excluding carboxylic acids is 1. The average molecular weight is 462 g/mol. The van der Waals surface area contributed by atoms with Crippen molar-refractivity contribution in [2.75, 3.05) is 18.4 Å². The van der Waals surface area contributed by atoms with Crippen LogP contribution in [0.1, 0.15) is 19.4 Å². The Labute approximate surface area is 179 Å². The molecule has 0 atom stereocenters. The molecule has 0 aliphatic rings. The fraction of sp³-hybridized carbons (Fsp3) is 0.211. The van der Waals surface area contributed by atoms with Gasteiger partial charge in [0, 0.05) is 29.2 Å². The minimum absolute atomic E-state index is 0.0561. The lowest BCUT2D eigenvalue weighted by atomic mass is 10.2. The Morgan fingerprint density at radius 3 is 2.32 bits per heavy atom. The molecule has 1 N–H and O–H groups in total. The van der Waals surface area contributed by atoms with Crippen molar-refractivity contribution in [1.82, 2.24) is 4.31 Å². The Morgan fingerprint density at radius 1 is 1.04 bits per heavy atom. The fourth-order valence-electron chi connectivity index (χ4n) is 2.45. The number of benzene rings is 2. The van der Waals surface area contributed by atoms with Gasteiger partial charge in [-0.15, -0.1) is 0 Å². The average Bonchev–Trinajstić information content (AvgIpc) is 2.63. The van der Waals surface area contributed by atoms with Crippen molar-refractivity contribution in [3.05, 3.63) is 63.1 Å². The topological polar surface area (TPSA) is 66.5 Å². The smallest absolute Gasteiger partial charge is 0.248 e. The third-order valence-corrected chi connectivity index (χ3v) is 6.85. The molecule has 0 unspecified atom stereocenters. The highest BCUT2D eigenvalue weighted by molar-refractivity contribution is 7.89. The molecule has 5 nitrogen and oxygen atoms in total. The van der Waals surface area contributed by atoms with Crippen molar-refractivity contribution in [2.45, 2.75) is 18.7 Å². The molecule has 150 valence electrons. The molecule has 0 saturated heterocycles. The Kier molecular flexibility index (Phi) is 7.92. The molecule has 0 spiro atoms. The summed E-state index contributed by atoms with van der Waals surface area (Å²) in [7, 11) is -3.67. The lowest BCUT2D eigenvalue weighted by Crippen LogP contribution is -2.30. The van der Waals surface area contributed by atoms with Crippen molar-refractivity contribution in [3.63, 3.8) is 0 Å². The van der Waals surface area contributed by atoms with Crippen molar-refractivity contribution in [3.8, 4) is 0 Å². The zero-order chi connectivity index (χ0) is 20.9. The second kappa shape index (κ2) is 9.76. The molecule has 9 heteroatoms. The van der Waals surface area contributed by atoms with Crippen LogP contribution in [0.3, 0.4) is 0 Å². The summed E-state index contributed by atoms with van der Waals surface area (Å²) in [5, 5.41) is 3.71. The van der Waals surface area contributed by atoms with Gasteiger partial charge in [-0.25, -0.2) is 8.42 Å². The van der Waals surface area contributed by atoms with Crippen molar-refractivity contribution in [2.24, 2.45) is 0 Å². The molecule has 1 amide bonds. The van der Waals surface area contributed by atoms with E-state index < -0.39 is 15.9 Å². The van der Waals surface area contributed by atoms with E-state index in [4.69, 9.17) is 34.8 Å². The van der Waals surface area contributed by atoms with Gasteiger partial charge < -0.3 is 5.32 Å². The molecular formula is C19H19Cl3N2O3S. The van der Waals surface area contributed by atoms with Crippen LogP contribution in [-0.4, -0.2) is 31.7 Å². The van der Waals surface area contributed by atoms with Crippen LogP contribution < -0.4 is 5.32 Å². The number of carbonyl (C=O) groups is 1. The van der Waals surface area contributed by atoms with Gasteiger partial charge in [-0.05, 0) is 42.0 Å². The SMILES string of the molecule is CCN(CC)S(=O)(=O)c1ccc(Cl)c(NC(=O)C=Cc2ccc(Cl)cc2Cl)c1. The predicted octanol–water partition coefficient (Wildman–Crippen LogP) is 5.33. The molecule has 0 bridgehead atoms. The predicted molar refractivity (Wildman–Crippen MR) is 116 cm³/mol. The summed E-state index contributed by atoms with van der Waals surface area (Å²) < 4.78 is 26.6. The summed E-state index contributed by atoms with van der Waals surface area (Å²) in [5.41, 5.74) is 0.817. The summed E-state index contributed by atoms with van der Waals surface area (Å²) in [5.74, 6) is -0.481. The molecule has 0 aliphatic heterocycles. The minimum atomic E-state index is -3.67. The first kappa shape index (κ1) is 22.7. The summed E-state index contributed by atoms with van der Waals surface area (Å²) in [4.78, 5) is 12.3. The molecule has 0 saturated carbocycles. The molecule has 2 aromatic rings. The van der Waals surface area contributed by atoms with E-state index in [9.17, 15) is 13.2 Å². The first-order valence-electron chi connectivity index (χ1n) is 8.42. The van der Waals surface area contributed by atoms with Gasteiger partial charge in [0.2, 0.25) is 15.9 Å². The Bertz CT molecular complexity index is 1000. The van der Waals surface area contributed by atoms with E-state index in [2.05, 4.69) is 5.32 Å². The van der Waals surface area contributed by atoms with Gasteiger partial charge >= 0.3 is 0 Å². The van der Waals surface area contributed by atoms with Gasteiger partial charge in [0.05, 0.1) is 15.6 Å². The number of rotatable bonds is 7. The van der Waals surface area contributed by atoms with E-state index in [0.29, 0.717) is 28.7 Å². The van der Waals surface area contributed by atoms with Crippen LogP contribution in [0.5, 0.6) is 0 Å². The number of amides is 1. The third kappa shape index (κ3) is 5.49. The molecule has 0 radical (unpaired) electrons. The number of halogens is 3. The highest BCUT2D eigenvalue weighted by atomic mass is 35.5. The van der Waals surface area contributed by atoms with Crippen molar-refractivity contribution in [1.29, 1.82) is 0 Å².